The van der Waals surface area contributed by atoms with Crippen LogP contribution in [0.25, 0.3) is 0 Å². The van der Waals surface area contributed by atoms with E-state index in [1.807, 2.05) is 88.7 Å². The lowest BCUT2D eigenvalue weighted by Crippen LogP contribution is -2.59. The lowest BCUT2D eigenvalue weighted by Gasteiger charge is -2.45. The second-order valence-electron chi connectivity index (χ2n) is 11.3. The van der Waals surface area contributed by atoms with Crippen molar-refractivity contribution in [1.29, 1.82) is 0 Å². The molecule has 3 aliphatic heterocycles. The number of rotatable bonds is 6. The van der Waals surface area contributed by atoms with E-state index in [1.54, 1.807) is 0 Å². The molecule has 3 aromatic rings. The number of piperidine rings is 1. The maximum absolute atomic E-state index is 14.6. The zero-order chi connectivity index (χ0) is 29.4. The van der Waals surface area contributed by atoms with Gasteiger partial charge in [-0.15, -0.1) is 0 Å². The third-order valence-corrected chi connectivity index (χ3v) is 9.22. The molecule has 10 heteroatoms. The Labute approximate surface area is 248 Å². The van der Waals surface area contributed by atoms with Crippen LogP contribution in [-0.4, -0.2) is 64.4 Å². The second kappa shape index (κ2) is 11.8. The van der Waals surface area contributed by atoms with Gasteiger partial charge < -0.3 is 0 Å². The Morgan fingerprint density at radius 3 is 2.21 bits per heavy atom. The highest BCUT2D eigenvalue weighted by atomic mass is 32.1. The van der Waals surface area contributed by atoms with E-state index in [1.165, 1.54) is 4.90 Å². The molecule has 0 aromatic heterocycles. The van der Waals surface area contributed by atoms with Crippen LogP contribution < -0.4 is 5.32 Å². The molecule has 1 N–H and O–H groups in total. The molecule has 42 heavy (non-hydrogen) atoms. The number of fused-ring (bicyclic) bond motifs is 1. The van der Waals surface area contributed by atoms with Gasteiger partial charge in [0.15, 0.2) is 0 Å². The molecule has 0 saturated carbocycles. The molecule has 0 bridgehead atoms. The van der Waals surface area contributed by atoms with Crippen molar-refractivity contribution in [2.45, 2.75) is 55.6 Å². The van der Waals surface area contributed by atoms with Crippen molar-refractivity contribution in [3.8, 4) is 0 Å². The van der Waals surface area contributed by atoms with Crippen molar-refractivity contribution in [3.63, 3.8) is 0 Å². The highest BCUT2D eigenvalue weighted by Crippen LogP contribution is 2.40. The lowest BCUT2D eigenvalue weighted by atomic mass is 9.95. The van der Waals surface area contributed by atoms with E-state index < -0.39 is 18.3 Å². The second-order valence-corrected chi connectivity index (χ2v) is 11.8. The Morgan fingerprint density at radius 1 is 0.929 bits per heavy atom. The number of carbonyl (C=O) groups is 2. The molecule has 2 saturated heterocycles. The van der Waals surface area contributed by atoms with E-state index in [4.69, 9.17) is 12.6 Å². The number of imide groups is 1. The summed E-state index contributed by atoms with van der Waals surface area (Å²) in [4.78, 5) is 29.5. The predicted molar refractivity (Wildman–Crippen MR) is 156 cm³/mol. The Bertz CT molecular complexity index is 1400. The molecule has 0 aliphatic carbocycles. The molecule has 0 radical (unpaired) electrons. The Balaban J connectivity index is 1.21. The number of hydrogen-bond donors (Lipinski definition) is 2. The van der Waals surface area contributed by atoms with E-state index in [-0.39, 0.29) is 49.3 Å². The highest BCUT2D eigenvalue weighted by Gasteiger charge is 2.48. The monoisotopic (exact) mass is 594 g/mol. The van der Waals surface area contributed by atoms with Crippen LogP contribution in [0.5, 0.6) is 0 Å². The summed E-state index contributed by atoms with van der Waals surface area (Å²) in [5.74, 6) is -0.599. The van der Waals surface area contributed by atoms with Crippen molar-refractivity contribution in [2.24, 2.45) is 0 Å². The molecular weight excluding hydrogens is 561 g/mol. The number of halogens is 3. The number of nitrogens with one attached hydrogen (secondary N) is 1. The molecule has 3 aliphatic rings. The summed E-state index contributed by atoms with van der Waals surface area (Å²) in [6.07, 6.45) is -3.70. The number of benzene rings is 3. The minimum absolute atomic E-state index is 0.138. The summed E-state index contributed by atoms with van der Waals surface area (Å²) in [6.45, 7) is 1.28. The van der Waals surface area contributed by atoms with Gasteiger partial charge in [0.1, 0.15) is 6.04 Å². The number of amides is 2. The number of hydrogen-bond acceptors (Lipinski definition) is 6. The molecular formula is C32H33F3N4O2S. The summed E-state index contributed by atoms with van der Waals surface area (Å²) in [6, 6.07) is 22.8. The van der Waals surface area contributed by atoms with Gasteiger partial charge in [0.05, 0.1) is 17.5 Å². The third-order valence-electron chi connectivity index (χ3n) is 8.65. The molecule has 220 valence electrons. The maximum Gasteiger partial charge on any atom is 0.405 e. The number of nitrogens with zero attached hydrogens (tertiary/aromatic N) is 3. The van der Waals surface area contributed by atoms with Gasteiger partial charge in [-0.25, -0.2) is 0 Å². The van der Waals surface area contributed by atoms with E-state index >= 15 is 0 Å². The summed E-state index contributed by atoms with van der Waals surface area (Å²) in [7, 11) is 0. The fraction of sp³-hybridized carbons (Fsp3) is 0.375. The predicted octanol–water partition coefficient (Wildman–Crippen LogP) is 5.07. The normalized spacial score (nSPS) is 24.2. The molecule has 3 heterocycles. The fourth-order valence-corrected chi connectivity index (χ4v) is 7.05. The van der Waals surface area contributed by atoms with Crippen LogP contribution in [-0.2, 0) is 22.7 Å². The van der Waals surface area contributed by atoms with Gasteiger partial charge in [-0.05, 0) is 34.2 Å². The molecule has 3 atom stereocenters. The van der Waals surface area contributed by atoms with E-state index in [2.05, 4.69) is 5.32 Å². The molecule has 2 fully saturated rings. The van der Waals surface area contributed by atoms with Crippen LogP contribution in [0.2, 0.25) is 0 Å². The SMILES string of the molecule is O=C1CCC(N2Cc3ccc(CN4CCN(C(c5ccccc5)c5ccccc5)CC4C(F)(F)F)cc3C2S)C(=O)N1. The number of piperazine rings is 1. The third kappa shape index (κ3) is 5.86. The van der Waals surface area contributed by atoms with Gasteiger partial charge in [0.25, 0.3) is 0 Å². The first-order valence-electron chi connectivity index (χ1n) is 14.2. The molecule has 6 nitrogen and oxygen atoms in total. The van der Waals surface area contributed by atoms with Crippen molar-refractivity contribution in [1.82, 2.24) is 20.0 Å². The topological polar surface area (TPSA) is 55.9 Å². The Hall–Kier alpha value is -3.18. The first-order valence-corrected chi connectivity index (χ1v) is 14.7. The highest BCUT2D eigenvalue weighted by molar-refractivity contribution is 7.80. The van der Waals surface area contributed by atoms with Gasteiger partial charge in [-0.3, -0.25) is 29.6 Å². The van der Waals surface area contributed by atoms with Crippen molar-refractivity contribution < 1.29 is 22.8 Å². The van der Waals surface area contributed by atoms with Gasteiger partial charge in [0, 0.05) is 39.1 Å². The molecule has 0 spiro atoms. The first kappa shape index (κ1) is 28.9. The quantitative estimate of drug-likeness (QED) is 0.308. The van der Waals surface area contributed by atoms with E-state index in [0.29, 0.717) is 19.5 Å². The zero-order valence-electron chi connectivity index (χ0n) is 23.0. The van der Waals surface area contributed by atoms with Gasteiger partial charge in [-0.1, -0.05) is 78.9 Å². The molecule has 3 unspecified atom stereocenters. The van der Waals surface area contributed by atoms with Crippen molar-refractivity contribution >= 4 is 24.4 Å². The molecule has 6 rings (SSSR count). The number of thiol groups is 1. The van der Waals surface area contributed by atoms with Crippen LogP contribution in [0.1, 0.15) is 52.1 Å². The van der Waals surface area contributed by atoms with Crippen LogP contribution >= 0.6 is 12.6 Å². The van der Waals surface area contributed by atoms with Crippen LogP contribution in [0.3, 0.4) is 0 Å². The summed E-state index contributed by atoms with van der Waals surface area (Å²) >= 11 is 4.78. The largest absolute Gasteiger partial charge is 0.405 e. The lowest BCUT2D eigenvalue weighted by molar-refractivity contribution is -0.200. The van der Waals surface area contributed by atoms with Gasteiger partial charge in [0.2, 0.25) is 11.8 Å². The van der Waals surface area contributed by atoms with Gasteiger partial charge in [-0.2, -0.15) is 25.8 Å². The average Bonchev–Trinajstić information content (AvgIpc) is 3.30. The summed E-state index contributed by atoms with van der Waals surface area (Å²) < 4.78 is 43.8. The average molecular weight is 595 g/mol. The minimum Gasteiger partial charge on any atom is -0.295 e. The standard InChI is InChI=1S/C32H33F3N4O2S/c33-32(34,35)27-20-38(29(22-7-3-1-4-8-22)23-9-5-2-6-10-23)16-15-37(27)18-21-11-12-24-19-39(31(42)25(24)17-21)26-13-14-28(40)36-30(26)41/h1-12,17,26-27,29,31,42H,13-16,18-20H2,(H,36,40,41). The zero-order valence-corrected chi connectivity index (χ0v) is 23.9. The fourth-order valence-electron chi connectivity index (χ4n) is 6.56. The summed E-state index contributed by atoms with van der Waals surface area (Å²) in [5.41, 5.74) is 4.61. The van der Waals surface area contributed by atoms with Crippen molar-refractivity contribution in [3.05, 3.63) is 107 Å². The van der Waals surface area contributed by atoms with Crippen LogP contribution in [0.4, 0.5) is 13.2 Å². The van der Waals surface area contributed by atoms with E-state index in [9.17, 15) is 22.8 Å². The van der Waals surface area contributed by atoms with E-state index in [0.717, 1.165) is 27.8 Å². The first-order chi connectivity index (χ1) is 20.2. The van der Waals surface area contributed by atoms with Crippen molar-refractivity contribution in [2.75, 3.05) is 19.6 Å². The Morgan fingerprint density at radius 2 is 1.60 bits per heavy atom. The Kier molecular flexibility index (Phi) is 8.15. The number of carbonyl (C=O) groups excluding carboxylic acids is 2. The van der Waals surface area contributed by atoms with Gasteiger partial charge >= 0.3 is 6.18 Å². The minimum atomic E-state index is -4.40. The number of alkyl halides is 3. The van der Waals surface area contributed by atoms with Crippen LogP contribution in [0.15, 0.2) is 78.9 Å². The molecule has 2 amide bonds. The van der Waals surface area contributed by atoms with Crippen LogP contribution in [0, 0.1) is 0 Å². The smallest absolute Gasteiger partial charge is 0.295 e. The summed E-state index contributed by atoms with van der Waals surface area (Å²) in [5, 5.41) is 2.02. The maximum atomic E-state index is 14.6. The molecule has 3 aromatic carbocycles.